The number of oxazole rings is 1. The molecule has 2 aromatic rings. The Morgan fingerprint density at radius 3 is 2.85 bits per heavy atom. The van der Waals surface area contributed by atoms with Crippen LogP contribution in [0.1, 0.15) is 49.4 Å². The molecule has 0 saturated carbocycles. The number of fused-ring (bicyclic) bond motifs is 1. The van der Waals surface area contributed by atoms with Gasteiger partial charge in [-0.3, -0.25) is 9.59 Å². The number of nitrogens with zero attached hydrogens (tertiary/aromatic N) is 3. The fraction of sp³-hybridized carbons (Fsp3) is 0.550. The lowest BCUT2D eigenvalue weighted by atomic mass is 9.78. The highest BCUT2D eigenvalue weighted by Crippen LogP contribution is 2.41. The number of likely N-dealkylation sites (tertiary alicyclic amines) is 2. The van der Waals surface area contributed by atoms with Crippen LogP contribution in [0, 0.1) is 12.3 Å². The number of amides is 2. The van der Waals surface area contributed by atoms with Crippen molar-refractivity contribution in [2.24, 2.45) is 5.41 Å². The van der Waals surface area contributed by atoms with Gasteiger partial charge >= 0.3 is 0 Å². The second-order valence-electron chi connectivity index (χ2n) is 7.87. The van der Waals surface area contributed by atoms with Crippen LogP contribution in [0.5, 0.6) is 0 Å². The zero-order valence-corrected chi connectivity index (χ0v) is 15.6. The minimum atomic E-state index is -0.398. The molecule has 1 atom stereocenters. The molecular weight excluding hydrogens is 330 g/mol. The highest BCUT2D eigenvalue weighted by atomic mass is 16.3. The molecule has 6 heteroatoms. The van der Waals surface area contributed by atoms with Gasteiger partial charge in [-0.15, -0.1) is 0 Å². The highest BCUT2D eigenvalue weighted by molar-refractivity contribution is 5.98. The van der Waals surface area contributed by atoms with Crippen LogP contribution in [0.25, 0.3) is 11.1 Å². The molecule has 0 N–H and O–H groups in total. The van der Waals surface area contributed by atoms with Crippen molar-refractivity contribution >= 4 is 22.9 Å². The summed E-state index contributed by atoms with van der Waals surface area (Å²) in [6.45, 7) is 7.88. The highest BCUT2D eigenvalue weighted by Gasteiger charge is 2.49. The molecule has 0 aliphatic carbocycles. The van der Waals surface area contributed by atoms with E-state index in [2.05, 4.69) is 18.8 Å². The number of carbonyl (C=O) groups is 2. The van der Waals surface area contributed by atoms with Crippen molar-refractivity contribution in [3.05, 3.63) is 29.7 Å². The third kappa shape index (κ3) is 2.68. The Morgan fingerprint density at radius 1 is 1.27 bits per heavy atom. The first-order valence-corrected chi connectivity index (χ1v) is 9.37. The number of rotatable bonds is 2. The maximum absolute atomic E-state index is 13.0. The van der Waals surface area contributed by atoms with Crippen LogP contribution in [0.3, 0.4) is 0 Å². The Hall–Kier alpha value is -2.37. The van der Waals surface area contributed by atoms with E-state index in [1.165, 1.54) is 0 Å². The maximum Gasteiger partial charge on any atom is 0.254 e. The smallest absolute Gasteiger partial charge is 0.254 e. The Balaban J connectivity index is 1.55. The van der Waals surface area contributed by atoms with Crippen molar-refractivity contribution in [2.45, 2.75) is 46.1 Å². The molecule has 2 aliphatic rings. The van der Waals surface area contributed by atoms with E-state index < -0.39 is 5.41 Å². The molecule has 26 heavy (non-hydrogen) atoms. The molecule has 138 valence electrons. The van der Waals surface area contributed by atoms with Crippen molar-refractivity contribution in [2.75, 3.05) is 19.6 Å². The van der Waals surface area contributed by atoms with Gasteiger partial charge in [-0.25, -0.2) is 4.98 Å². The Morgan fingerprint density at radius 2 is 2.08 bits per heavy atom. The van der Waals surface area contributed by atoms with E-state index in [-0.39, 0.29) is 17.9 Å². The molecule has 2 saturated heterocycles. The summed E-state index contributed by atoms with van der Waals surface area (Å²) in [5.74, 6) is 0.772. The molecule has 4 rings (SSSR count). The van der Waals surface area contributed by atoms with Gasteiger partial charge in [0.05, 0.1) is 5.41 Å². The van der Waals surface area contributed by atoms with Gasteiger partial charge in [0.15, 0.2) is 11.5 Å². The first kappa shape index (κ1) is 17.1. The van der Waals surface area contributed by atoms with Gasteiger partial charge in [-0.1, -0.05) is 0 Å². The quantitative estimate of drug-likeness (QED) is 0.831. The molecule has 0 bridgehead atoms. The predicted molar refractivity (Wildman–Crippen MR) is 97.8 cm³/mol. The van der Waals surface area contributed by atoms with Crippen LogP contribution in [0.4, 0.5) is 0 Å². The zero-order chi connectivity index (χ0) is 18.5. The van der Waals surface area contributed by atoms with Gasteiger partial charge in [0.1, 0.15) is 5.52 Å². The molecule has 0 unspecified atom stereocenters. The third-order valence-electron chi connectivity index (χ3n) is 5.78. The van der Waals surface area contributed by atoms with Gasteiger partial charge in [-0.05, 0) is 51.3 Å². The van der Waals surface area contributed by atoms with Gasteiger partial charge in [-0.2, -0.15) is 0 Å². The molecule has 0 radical (unpaired) electrons. The van der Waals surface area contributed by atoms with Crippen LogP contribution in [-0.2, 0) is 4.79 Å². The number of benzene rings is 1. The number of carbonyl (C=O) groups excluding carboxylic acids is 2. The van der Waals surface area contributed by atoms with Crippen LogP contribution < -0.4 is 0 Å². The molecule has 3 heterocycles. The number of hydrogen-bond acceptors (Lipinski definition) is 4. The standard InChI is InChI=1S/C20H25N3O3/c1-13(2)23-9-4-7-20(19(23)25)8-10-22(12-20)18(24)15-5-6-16-17(11-15)26-14(3)21-16/h5-6,11,13H,4,7-10,12H2,1-3H3/t20-/m1/s1. The largest absolute Gasteiger partial charge is 0.441 e. The van der Waals surface area contributed by atoms with Gasteiger partial charge in [0, 0.05) is 38.2 Å². The normalized spacial score (nSPS) is 23.6. The summed E-state index contributed by atoms with van der Waals surface area (Å²) >= 11 is 0. The summed E-state index contributed by atoms with van der Waals surface area (Å²) < 4.78 is 5.55. The SMILES string of the molecule is Cc1nc2ccc(C(=O)N3CC[C@]4(CCCN(C(C)C)C4=O)C3)cc2o1. The second kappa shape index (κ2) is 6.11. The monoisotopic (exact) mass is 355 g/mol. The molecule has 1 aromatic carbocycles. The van der Waals surface area contributed by atoms with E-state index in [1.54, 1.807) is 19.1 Å². The third-order valence-corrected chi connectivity index (χ3v) is 5.78. The van der Waals surface area contributed by atoms with E-state index in [9.17, 15) is 9.59 Å². The maximum atomic E-state index is 13.0. The fourth-order valence-corrected chi connectivity index (χ4v) is 4.37. The van der Waals surface area contributed by atoms with Crippen molar-refractivity contribution in [1.29, 1.82) is 0 Å². The number of aryl methyl sites for hydroxylation is 1. The molecular formula is C20H25N3O3. The van der Waals surface area contributed by atoms with Crippen molar-refractivity contribution in [3.63, 3.8) is 0 Å². The van der Waals surface area contributed by atoms with E-state index in [1.807, 2.05) is 15.9 Å². The van der Waals surface area contributed by atoms with Gasteiger partial charge < -0.3 is 14.2 Å². The lowest BCUT2D eigenvalue weighted by molar-refractivity contribution is -0.147. The lowest BCUT2D eigenvalue weighted by Crippen LogP contribution is -2.52. The number of aromatic nitrogens is 1. The molecule has 2 fully saturated rings. The summed E-state index contributed by atoms with van der Waals surface area (Å²) in [5, 5.41) is 0. The summed E-state index contributed by atoms with van der Waals surface area (Å²) in [6.07, 6.45) is 2.64. The van der Waals surface area contributed by atoms with Crippen molar-refractivity contribution in [3.8, 4) is 0 Å². The molecule has 1 aromatic heterocycles. The van der Waals surface area contributed by atoms with Crippen molar-refractivity contribution < 1.29 is 14.0 Å². The second-order valence-corrected chi connectivity index (χ2v) is 7.87. The van der Waals surface area contributed by atoms with Crippen LogP contribution in [-0.4, -0.2) is 52.3 Å². The first-order valence-electron chi connectivity index (χ1n) is 9.37. The zero-order valence-electron chi connectivity index (χ0n) is 15.6. The summed E-state index contributed by atoms with van der Waals surface area (Å²) in [5.41, 5.74) is 1.58. The fourth-order valence-electron chi connectivity index (χ4n) is 4.37. The summed E-state index contributed by atoms with van der Waals surface area (Å²) in [7, 11) is 0. The lowest BCUT2D eigenvalue weighted by Gasteiger charge is -2.41. The minimum absolute atomic E-state index is 0.0349. The average molecular weight is 355 g/mol. The number of piperidine rings is 1. The van der Waals surface area contributed by atoms with E-state index in [0.717, 1.165) is 31.3 Å². The van der Waals surface area contributed by atoms with Crippen LogP contribution in [0.2, 0.25) is 0 Å². The Bertz CT molecular complexity index is 872. The summed E-state index contributed by atoms with van der Waals surface area (Å²) in [4.78, 5) is 34.1. The van der Waals surface area contributed by atoms with Crippen LogP contribution in [0.15, 0.2) is 22.6 Å². The molecule has 1 spiro atoms. The molecule has 2 aliphatic heterocycles. The average Bonchev–Trinajstić information content (AvgIpc) is 3.19. The van der Waals surface area contributed by atoms with E-state index >= 15 is 0 Å². The van der Waals surface area contributed by atoms with Crippen molar-refractivity contribution in [1.82, 2.24) is 14.8 Å². The predicted octanol–water partition coefficient (Wildman–Crippen LogP) is 3.00. The first-order chi connectivity index (χ1) is 12.4. The van der Waals surface area contributed by atoms with Crippen LogP contribution >= 0.6 is 0 Å². The van der Waals surface area contributed by atoms with E-state index in [4.69, 9.17) is 4.42 Å². The minimum Gasteiger partial charge on any atom is -0.441 e. The Labute approximate surface area is 153 Å². The number of hydrogen-bond donors (Lipinski definition) is 0. The van der Waals surface area contributed by atoms with Gasteiger partial charge in [0.2, 0.25) is 5.91 Å². The Kier molecular flexibility index (Phi) is 4.01. The molecule has 6 nitrogen and oxygen atoms in total. The summed E-state index contributed by atoms with van der Waals surface area (Å²) in [6, 6.07) is 5.57. The van der Waals surface area contributed by atoms with Gasteiger partial charge in [0.25, 0.3) is 5.91 Å². The van der Waals surface area contributed by atoms with E-state index in [0.29, 0.717) is 30.1 Å². The topological polar surface area (TPSA) is 66.7 Å². The molecule has 2 amide bonds.